The monoisotopic (exact) mass is 279 g/mol. The Hall–Kier alpha value is -1.57. The highest BCUT2D eigenvalue weighted by atomic mass is 19.4. The highest BCUT2D eigenvalue weighted by Crippen LogP contribution is 2.30. The van der Waals surface area contributed by atoms with Gasteiger partial charge in [0.2, 0.25) is 11.8 Å². The van der Waals surface area contributed by atoms with Crippen molar-refractivity contribution in [2.45, 2.75) is 26.1 Å². The number of nitrogens with zero attached hydrogens (tertiary/aromatic N) is 2. The van der Waals surface area contributed by atoms with Crippen molar-refractivity contribution in [3.05, 3.63) is 11.8 Å². The van der Waals surface area contributed by atoms with Gasteiger partial charge in [-0.1, -0.05) is 0 Å². The van der Waals surface area contributed by atoms with Crippen LogP contribution in [0.1, 0.15) is 19.5 Å². The zero-order chi connectivity index (χ0) is 14.5. The molecule has 1 atom stereocenters. The summed E-state index contributed by atoms with van der Waals surface area (Å²) in [5, 5.41) is 2.63. The van der Waals surface area contributed by atoms with Crippen molar-refractivity contribution in [3.63, 3.8) is 0 Å². The van der Waals surface area contributed by atoms with Gasteiger partial charge >= 0.3 is 6.18 Å². The molecule has 5 nitrogen and oxygen atoms in total. The first-order valence-electron chi connectivity index (χ1n) is 5.72. The van der Waals surface area contributed by atoms with E-state index in [1.165, 1.54) is 7.11 Å². The second-order valence-corrected chi connectivity index (χ2v) is 3.83. The third kappa shape index (κ3) is 4.90. The van der Waals surface area contributed by atoms with Crippen LogP contribution in [0.5, 0.6) is 5.88 Å². The molecule has 0 fully saturated rings. The summed E-state index contributed by atoms with van der Waals surface area (Å²) in [5.41, 5.74) is -1.04. The minimum atomic E-state index is -4.55. The van der Waals surface area contributed by atoms with E-state index in [2.05, 4.69) is 15.3 Å². The maximum Gasteiger partial charge on any atom is 0.433 e. The molecule has 19 heavy (non-hydrogen) atoms. The normalized spacial score (nSPS) is 13.2. The topological polar surface area (TPSA) is 56.3 Å². The Morgan fingerprint density at radius 2 is 2.05 bits per heavy atom. The quantitative estimate of drug-likeness (QED) is 0.866. The first kappa shape index (κ1) is 15.5. The molecular weight excluding hydrogens is 263 g/mol. The van der Waals surface area contributed by atoms with E-state index in [1.54, 1.807) is 13.8 Å². The molecule has 0 bridgehead atoms. The van der Waals surface area contributed by atoms with Crippen molar-refractivity contribution < 1.29 is 22.6 Å². The van der Waals surface area contributed by atoms with Gasteiger partial charge in [-0.25, -0.2) is 4.98 Å². The molecule has 0 aliphatic rings. The Morgan fingerprint density at radius 1 is 1.37 bits per heavy atom. The van der Waals surface area contributed by atoms with Crippen LogP contribution in [0.3, 0.4) is 0 Å². The first-order chi connectivity index (χ1) is 8.86. The number of alkyl halides is 3. The molecule has 0 saturated carbocycles. The lowest BCUT2D eigenvalue weighted by molar-refractivity contribution is -0.141. The lowest BCUT2D eigenvalue weighted by atomic mass is 10.4. The minimum absolute atomic E-state index is 0.114. The maximum absolute atomic E-state index is 12.7. The zero-order valence-corrected chi connectivity index (χ0v) is 10.9. The third-order valence-corrected chi connectivity index (χ3v) is 2.05. The molecule has 1 aromatic heterocycles. The lowest BCUT2D eigenvalue weighted by Gasteiger charge is -2.15. The van der Waals surface area contributed by atoms with E-state index in [1.807, 2.05) is 0 Å². The second-order valence-electron chi connectivity index (χ2n) is 3.83. The number of ether oxygens (including phenoxy) is 2. The highest BCUT2D eigenvalue weighted by molar-refractivity contribution is 5.31. The fourth-order valence-corrected chi connectivity index (χ4v) is 1.34. The number of halogens is 3. The van der Waals surface area contributed by atoms with Crippen LogP contribution in [0.25, 0.3) is 0 Å². The molecule has 1 aromatic rings. The molecule has 0 spiro atoms. The van der Waals surface area contributed by atoms with Gasteiger partial charge in [-0.15, -0.1) is 0 Å². The number of hydrogen-bond acceptors (Lipinski definition) is 5. The predicted molar refractivity (Wildman–Crippen MR) is 63.2 cm³/mol. The van der Waals surface area contributed by atoms with Gasteiger partial charge in [0.25, 0.3) is 0 Å². The third-order valence-electron chi connectivity index (χ3n) is 2.05. The summed E-state index contributed by atoms with van der Waals surface area (Å²) in [6.45, 7) is 4.07. The fraction of sp³-hybridized carbons (Fsp3) is 0.636. The molecule has 108 valence electrons. The Balaban J connectivity index is 2.99. The van der Waals surface area contributed by atoms with Gasteiger partial charge in [-0.3, -0.25) is 0 Å². The van der Waals surface area contributed by atoms with E-state index in [0.717, 1.165) is 6.07 Å². The predicted octanol–water partition coefficient (Wildman–Crippen LogP) is 2.34. The van der Waals surface area contributed by atoms with Crippen LogP contribution in [-0.2, 0) is 10.9 Å². The molecule has 1 unspecified atom stereocenters. The zero-order valence-electron chi connectivity index (χ0n) is 10.9. The molecule has 0 aliphatic carbocycles. The van der Waals surface area contributed by atoms with Crippen molar-refractivity contribution in [3.8, 4) is 5.88 Å². The Kier molecular flexibility index (Phi) is 5.34. The number of hydrogen-bond donors (Lipinski definition) is 1. The average molecular weight is 279 g/mol. The number of nitrogens with one attached hydrogen (secondary N) is 1. The summed E-state index contributed by atoms with van der Waals surface area (Å²) in [6.07, 6.45) is -4.95. The molecular formula is C11H16F3N3O2. The molecule has 0 aliphatic heterocycles. The lowest BCUT2D eigenvalue weighted by Crippen LogP contribution is -2.20. The summed E-state index contributed by atoms with van der Waals surface area (Å²) in [6, 6.07) is 0.771. The SMILES string of the molecule is CCNc1nc(OC(C)COC)cc(C(F)(F)F)n1. The molecule has 0 saturated heterocycles. The van der Waals surface area contributed by atoms with Crippen molar-refractivity contribution in [1.82, 2.24) is 9.97 Å². The van der Waals surface area contributed by atoms with Crippen LogP contribution in [-0.4, -0.2) is 36.3 Å². The van der Waals surface area contributed by atoms with Crippen molar-refractivity contribution in [1.29, 1.82) is 0 Å². The summed E-state index contributed by atoms with van der Waals surface area (Å²) in [4.78, 5) is 7.25. The van der Waals surface area contributed by atoms with Crippen LogP contribution in [0.2, 0.25) is 0 Å². The molecule has 8 heteroatoms. The smallest absolute Gasteiger partial charge is 0.433 e. The highest BCUT2D eigenvalue weighted by Gasteiger charge is 2.34. The largest absolute Gasteiger partial charge is 0.472 e. The Labute approximate surface area is 109 Å². The van der Waals surface area contributed by atoms with Gasteiger partial charge in [0.15, 0.2) is 5.69 Å². The molecule has 1 heterocycles. The minimum Gasteiger partial charge on any atom is -0.472 e. The molecule has 1 rings (SSSR count). The van der Waals surface area contributed by atoms with Crippen LogP contribution >= 0.6 is 0 Å². The van der Waals surface area contributed by atoms with Crippen LogP contribution in [0, 0.1) is 0 Å². The Morgan fingerprint density at radius 3 is 2.58 bits per heavy atom. The van der Waals surface area contributed by atoms with Gasteiger partial charge in [-0.05, 0) is 13.8 Å². The van der Waals surface area contributed by atoms with E-state index in [-0.39, 0.29) is 18.4 Å². The standard InChI is InChI=1S/C11H16F3N3O2/c1-4-15-10-16-8(11(12,13)14)5-9(17-10)19-7(2)6-18-3/h5,7H,4,6H2,1-3H3,(H,15,16,17). The number of aromatic nitrogens is 2. The summed E-state index contributed by atoms with van der Waals surface area (Å²) in [5.74, 6) is -0.250. The van der Waals surface area contributed by atoms with Crippen LogP contribution in [0.4, 0.5) is 19.1 Å². The summed E-state index contributed by atoms with van der Waals surface area (Å²) >= 11 is 0. The van der Waals surface area contributed by atoms with Gasteiger partial charge in [0.05, 0.1) is 6.61 Å². The number of rotatable bonds is 6. The van der Waals surface area contributed by atoms with Crippen molar-refractivity contribution >= 4 is 5.95 Å². The van der Waals surface area contributed by atoms with E-state index >= 15 is 0 Å². The van der Waals surface area contributed by atoms with E-state index in [0.29, 0.717) is 6.54 Å². The van der Waals surface area contributed by atoms with E-state index in [4.69, 9.17) is 9.47 Å². The van der Waals surface area contributed by atoms with E-state index < -0.39 is 18.0 Å². The van der Waals surface area contributed by atoms with Gasteiger partial charge < -0.3 is 14.8 Å². The molecule has 0 radical (unpaired) electrons. The molecule has 1 N–H and O–H groups in total. The molecule has 0 aromatic carbocycles. The second kappa shape index (κ2) is 6.55. The van der Waals surface area contributed by atoms with Crippen LogP contribution < -0.4 is 10.1 Å². The molecule has 0 amide bonds. The Bertz CT molecular complexity index is 413. The van der Waals surface area contributed by atoms with Gasteiger partial charge in [0.1, 0.15) is 6.10 Å². The van der Waals surface area contributed by atoms with Crippen LogP contribution in [0.15, 0.2) is 6.07 Å². The van der Waals surface area contributed by atoms with Crippen molar-refractivity contribution in [2.75, 3.05) is 25.6 Å². The van der Waals surface area contributed by atoms with E-state index in [9.17, 15) is 13.2 Å². The summed E-state index contributed by atoms with van der Waals surface area (Å²) in [7, 11) is 1.48. The number of methoxy groups -OCH3 is 1. The van der Waals surface area contributed by atoms with Crippen molar-refractivity contribution in [2.24, 2.45) is 0 Å². The average Bonchev–Trinajstić information content (AvgIpc) is 2.28. The fourth-order valence-electron chi connectivity index (χ4n) is 1.34. The van der Waals surface area contributed by atoms with Gasteiger partial charge in [0, 0.05) is 19.7 Å². The first-order valence-corrected chi connectivity index (χ1v) is 5.72. The number of anilines is 1. The summed E-state index contributed by atoms with van der Waals surface area (Å²) < 4.78 is 48.1. The van der Waals surface area contributed by atoms with Gasteiger partial charge in [-0.2, -0.15) is 18.2 Å². The maximum atomic E-state index is 12.7.